The molecule has 0 amide bonds. The largest absolute Gasteiger partial charge is 0.544 e. The van der Waals surface area contributed by atoms with E-state index in [-0.39, 0.29) is 10.5 Å². The zero-order chi connectivity index (χ0) is 20.9. The SMILES string of the molecule is CCC(C)(CCCC(C)C)CC(O)c1ccc(O[Si](C)(C)C(C)(C)C)cc1. The number of aliphatic hydroxyl groups is 1. The van der Waals surface area contributed by atoms with Crippen LogP contribution in [0.2, 0.25) is 18.1 Å². The summed E-state index contributed by atoms with van der Waals surface area (Å²) in [5, 5.41) is 11.0. The van der Waals surface area contributed by atoms with Gasteiger partial charge in [0.05, 0.1) is 6.10 Å². The van der Waals surface area contributed by atoms with E-state index in [1.54, 1.807) is 0 Å². The lowest BCUT2D eigenvalue weighted by Crippen LogP contribution is -2.43. The van der Waals surface area contributed by atoms with E-state index in [0.717, 1.165) is 30.1 Å². The van der Waals surface area contributed by atoms with Crippen molar-refractivity contribution in [3.8, 4) is 5.75 Å². The quantitative estimate of drug-likeness (QED) is 0.413. The summed E-state index contributed by atoms with van der Waals surface area (Å²) >= 11 is 0. The lowest BCUT2D eigenvalue weighted by molar-refractivity contribution is 0.0953. The van der Waals surface area contributed by atoms with E-state index in [1.807, 2.05) is 24.3 Å². The van der Waals surface area contributed by atoms with Gasteiger partial charge in [0, 0.05) is 0 Å². The Bertz CT molecular complexity index is 557. The number of hydrogen-bond donors (Lipinski definition) is 1. The third kappa shape index (κ3) is 7.61. The predicted molar refractivity (Wildman–Crippen MR) is 121 cm³/mol. The summed E-state index contributed by atoms with van der Waals surface area (Å²) in [5.74, 6) is 1.68. The molecule has 0 aliphatic rings. The van der Waals surface area contributed by atoms with E-state index >= 15 is 0 Å². The van der Waals surface area contributed by atoms with Gasteiger partial charge in [0.2, 0.25) is 8.32 Å². The Kier molecular flexibility index (Phi) is 8.62. The van der Waals surface area contributed by atoms with Gasteiger partial charge in [-0.2, -0.15) is 0 Å². The third-order valence-electron chi connectivity index (χ3n) is 6.55. The van der Waals surface area contributed by atoms with Gasteiger partial charge in [0.25, 0.3) is 0 Å². The molecule has 0 aliphatic heterocycles. The van der Waals surface area contributed by atoms with E-state index in [1.165, 1.54) is 19.3 Å². The average Bonchev–Trinajstić information content (AvgIpc) is 2.53. The number of aliphatic hydroxyl groups excluding tert-OH is 1. The van der Waals surface area contributed by atoms with Crippen molar-refractivity contribution in [3.05, 3.63) is 29.8 Å². The first-order valence-corrected chi connectivity index (χ1v) is 13.7. The van der Waals surface area contributed by atoms with Gasteiger partial charge in [0.15, 0.2) is 0 Å². The van der Waals surface area contributed by atoms with Gasteiger partial charge in [-0.3, -0.25) is 0 Å². The predicted octanol–water partition coefficient (Wildman–Crippen LogP) is 7.74. The Morgan fingerprint density at radius 1 is 1.04 bits per heavy atom. The van der Waals surface area contributed by atoms with Crippen molar-refractivity contribution in [2.24, 2.45) is 11.3 Å². The van der Waals surface area contributed by atoms with Gasteiger partial charge in [0.1, 0.15) is 5.75 Å². The second-order valence-corrected chi connectivity index (χ2v) is 15.3. The van der Waals surface area contributed by atoms with Gasteiger partial charge < -0.3 is 9.53 Å². The Balaban J connectivity index is 2.74. The summed E-state index contributed by atoms with van der Waals surface area (Å²) in [6, 6.07) is 8.14. The summed E-state index contributed by atoms with van der Waals surface area (Å²) in [5.41, 5.74) is 1.20. The Labute approximate surface area is 169 Å². The van der Waals surface area contributed by atoms with Crippen LogP contribution in [0.5, 0.6) is 5.75 Å². The molecule has 1 rings (SSSR count). The summed E-state index contributed by atoms with van der Waals surface area (Å²) in [6.45, 7) is 20.4. The molecule has 1 aromatic carbocycles. The van der Waals surface area contributed by atoms with Crippen LogP contribution >= 0.6 is 0 Å². The molecule has 0 heterocycles. The van der Waals surface area contributed by atoms with Crippen molar-refractivity contribution >= 4 is 8.32 Å². The fourth-order valence-electron chi connectivity index (χ4n) is 3.15. The van der Waals surface area contributed by atoms with E-state index in [2.05, 4.69) is 61.6 Å². The maximum Gasteiger partial charge on any atom is 0.250 e. The second-order valence-electron chi connectivity index (χ2n) is 10.6. The summed E-state index contributed by atoms with van der Waals surface area (Å²) in [4.78, 5) is 0. The average molecular weight is 393 g/mol. The van der Waals surface area contributed by atoms with Crippen molar-refractivity contribution < 1.29 is 9.53 Å². The highest BCUT2D eigenvalue weighted by atomic mass is 28.4. The second kappa shape index (κ2) is 9.60. The molecule has 2 unspecified atom stereocenters. The molecule has 3 heteroatoms. The molecule has 0 spiro atoms. The Hall–Kier alpha value is -0.803. The third-order valence-corrected chi connectivity index (χ3v) is 10.9. The van der Waals surface area contributed by atoms with Crippen LogP contribution in [0.1, 0.15) is 92.2 Å². The van der Waals surface area contributed by atoms with Crippen molar-refractivity contribution in [2.75, 3.05) is 0 Å². The normalized spacial score (nSPS) is 16.3. The van der Waals surface area contributed by atoms with Gasteiger partial charge in [-0.05, 0) is 60.0 Å². The van der Waals surface area contributed by atoms with E-state index < -0.39 is 14.4 Å². The highest BCUT2D eigenvalue weighted by Crippen LogP contribution is 2.40. The summed E-state index contributed by atoms with van der Waals surface area (Å²) in [6.07, 6.45) is 5.22. The molecule has 2 nitrogen and oxygen atoms in total. The van der Waals surface area contributed by atoms with Crippen molar-refractivity contribution in [1.82, 2.24) is 0 Å². The molecule has 0 bridgehead atoms. The number of hydrogen-bond acceptors (Lipinski definition) is 2. The first-order chi connectivity index (χ1) is 12.3. The molecular weight excluding hydrogens is 348 g/mol. The molecule has 156 valence electrons. The highest BCUT2D eigenvalue weighted by Gasteiger charge is 2.39. The minimum atomic E-state index is -1.82. The van der Waals surface area contributed by atoms with Crippen LogP contribution in [0.4, 0.5) is 0 Å². The maximum atomic E-state index is 10.8. The van der Waals surface area contributed by atoms with E-state index in [0.29, 0.717) is 0 Å². The van der Waals surface area contributed by atoms with Gasteiger partial charge >= 0.3 is 0 Å². The molecule has 0 aliphatic carbocycles. The van der Waals surface area contributed by atoms with Crippen LogP contribution in [0.25, 0.3) is 0 Å². The molecular formula is C24H44O2Si. The van der Waals surface area contributed by atoms with Crippen LogP contribution < -0.4 is 4.43 Å². The number of benzene rings is 1. The van der Waals surface area contributed by atoms with Crippen LogP contribution in [0.15, 0.2) is 24.3 Å². The first kappa shape index (κ1) is 24.2. The maximum absolute atomic E-state index is 10.8. The van der Waals surface area contributed by atoms with Gasteiger partial charge in [-0.1, -0.05) is 79.9 Å². The van der Waals surface area contributed by atoms with Crippen LogP contribution in [-0.4, -0.2) is 13.4 Å². The molecule has 1 N–H and O–H groups in total. The van der Waals surface area contributed by atoms with Crippen LogP contribution in [-0.2, 0) is 0 Å². The summed E-state index contributed by atoms with van der Waals surface area (Å²) in [7, 11) is -1.82. The standard InChI is InChI=1S/C24H44O2Si/c1-10-24(7,17-11-12-19(2)3)18-22(25)20-13-15-21(16-14-20)26-27(8,9)23(4,5)6/h13-16,19,22,25H,10-12,17-18H2,1-9H3. The molecule has 2 atom stereocenters. The number of rotatable bonds is 10. The Morgan fingerprint density at radius 2 is 1.59 bits per heavy atom. The minimum Gasteiger partial charge on any atom is -0.544 e. The first-order valence-electron chi connectivity index (χ1n) is 10.8. The molecule has 1 aromatic rings. The van der Waals surface area contributed by atoms with Crippen LogP contribution in [0.3, 0.4) is 0 Å². The molecule has 0 saturated heterocycles. The molecule has 0 saturated carbocycles. The zero-order valence-electron chi connectivity index (χ0n) is 19.4. The van der Waals surface area contributed by atoms with E-state index in [9.17, 15) is 5.11 Å². The lowest BCUT2D eigenvalue weighted by atomic mass is 9.76. The molecule has 0 radical (unpaired) electrons. The fraction of sp³-hybridized carbons (Fsp3) is 0.750. The van der Waals surface area contributed by atoms with E-state index in [4.69, 9.17) is 4.43 Å². The topological polar surface area (TPSA) is 29.5 Å². The smallest absolute Gasteiger partial charge is 0.250 e. The fourth-order valence-corrected chi connectivity index (χ4v) is 4.18. The molecule has 0 fully saturated rings. The highest BCUT2D eigenvalue weighted by molar-refractivity contribution is 6.74. The van der Waals surface area contributed by atoms with Crippen molar-refractivity contribution in [1.29, 1.82) is 0 Å². The van der Waals surface area contributed by atoms with Crippen molar-refractivity contribution in [3.63, 3.8) is 0 Å². The van der Waals surface area contributed by atoms with Gasteiger partial charge in [-0.15, -0.1) is 0 Å². The summed E-state index contributed by atoms with van der Waals surface area (Å²) < 4.78 is 6.36. The monoisotopic (exact) mass is 392 g/mol. The van der Waals surface area contributed by atoms with Gasteiger partial charge in [-0.25, -0.2) is 0 Å². The van der Waals surface area contributed by atoms with Crippen LogP contribution in [0, 0.1) is 11.3 Å². The molecule has 0 aromatic heterocycles. The lowest BCUT2D eigenvalue weighted by Gasteiger charge is -2.36. The molecule has 27 heavy (non-hydrogen) atoms. The zero-order valence-corrected chi connectivity index (χ0v) is 20.4. The Morgan fingerprint density at radius 3 is 2.04 bits per heavy atom. The minimum absolute atomic E-state index is 0.185. The van der Waals surface area contributed by atoms with Crippen molar-refractivity contribution in [2.45, 2.75) is 105 Å².